The molecule has 0 aliphatic carbocycles. The van der Waals surface area contributed by atoms with Crippen molar-refractivity contribution in [2.24, 2.45) is 0 Å². The molecule has 1 rings (SSSR count). The maximum absolute atomic E-state index is 11.8. The summed E-state index contributed by atoms with van der Waals surface area (Å²) in [6.07, 6.45) is 1.04. The van der Waals surface area contributed by atoms with Crippen LogP contribution in [-0.4, -0.2) is 48.2 Å². The molecule has 3 N–H and O–H groups in total. The van der Waals surface area contributed by atoms with Crippen molar-refractivity contribution in [3.63, 3.8) is 0 Å². The summed E-state index contributed by atoms with van der Waals surface area (Å²) in [5.41, 5.74) is 0. The molecule has 1 aromatic rings. The third-order valence-electron chi connectivity index (χ3n) is 3.44. The first-order chi connectivity index (χ1) is 9.95. The second-order valence-electron chi connectivity index (χ2n) is 4.92. The van der Waals surface area contributed by atoms with Gasteiger partial charge in [-0.3, -0.25) is 0 Å². The Kier molecular flexibility index (Phi) is 7.18. The quantitative estimate of drug-likeness (QED) is 0.685. The first-order valence-corrected chi connectivity index (χ1v) is 7.84. The van der Waals surface area contributed by atoms with E-state index in [2.05, 4.69) is 29.4 Å². The standard InChI is InChI=1S/C14H23N3O3S/c1-4-10(2)17(3)8-7-15-14(20)16-12(13(18)19)11-6-5-9-21-11/h5-6,9-10,12H,4,7-8H2,1-3H3,(H,18,19)(H2,15,16,20). The number of amides is 2. The first-order valence-electron chi connectivity index (χ1n) is 6.96. The fourth-order valence-electron chi connectivity index (χ4n) is 1.77. The van der Waals surface area contributed by atoms with E-state index >= 15 is 0 Å². The minimum Gasteiger partial charge on any atom is -0.479 e. The van der Waals surface area contributed by atoms with Crippen LogP contribution >= 0.6 is 11.3 Å². The zero-order valence-corrected chi connectivity index (χ0v) is 13.4. The largest absolute Gasteiger partial charge is 0.479 e. The lowest BCUT2D eigenvalue weighted by Gasteiger charge is -2.23. The highest BCUT2D eigenvalue weighted by molar-refractivity contribution is 7.10. The van der Waals surface area contributed by atoms with E-state index in [9.17, 15) is 9.59 Å². The summed E-state index contributed by atoms with van der Waals surface area (Å²) in [5.74, 6) is -1.07. The van der Waals surface area contributed by atoms with Gasteiger partial charge in [-0.1, -0.05) is 13.0 Å². The van der Waals surface area contributed by atoms with Crippen LogP contribution in [-0.2, 0) is 4.79 Å². The van der Waals surface area contributed by atoms with Crippen molar-refractivity contribution in [2.75, 3.05) is 20.1 Å². The minimum atomic E-state index is -1.07. The highest BCUT2D eigenvalue weighted by atomic mass is 32.1. The van der Waals surface area contributed by atoms with Crippen LogP contribution < -0.4 is 10.6 Å². The van der Waals surface area contributed by atoms with E-state index in [0.29, 0.717) is 17.5 Å². The summed E-state index contributed by atoms with van der Waals surface area (Å²) in [5, 5.41) is 16.1. The first kappa shape index (κ1) is 17.5. The van der Waals surface area contributed by atoms with Crippen LogP contribution in [0.3, 0.4) is 0 Å². The molecule has 0 spiro atoms. The van der Waals surface area contributed by atoms with Crippen molar-refractivity contribution in [1.29, 1.82) is 0 Å². The Morgan fingerprint density at radius 3 is 2.71 bits per heavy atom. The smallest absolute Gasteiger partial charge is 0.331 e. The fourth-order valence-corrected chi connectivity index (χ4v) is 2.54. The number of aliphatic carboxylic acids is 1. The highest BCUT2D eigenvalue weighted by Gasteiger charge is 2.22. The fraction of sp³-hybridized carbons (Fsp3) is 0.571. The number of nitrogens with one attached hydrogen (secondary N) is 2. The molecular weight excluding hydrogens is 290 g/mol. The summed E-state index contributed by atoms with van der Waals surface area (Å²) >= 11 is 1.31. The third-order valence-corrected chi connectivity index (χ3v) is 4.38. The van der Waals surface area contributed by atoms with Crippen molar-refractivity contribution < 1.29 is 14.7 Å². The molecule has 0 aromatic carbocycles. The Bertz CT molecular complexity index is 450. The second kappa shape index (κ2) is 8.63. The molecule has 21 heavy (non-hydrogen) atoms. The molecule has 1 heterocycles. The van der Waals surface area contributed by atoms with Crippen molar-refractivity contribution in [3.05, 3.63) is 22.4 Å². The second-order valence-corrected chi connectivity index (χ2v) is 5.90. The molecule has 0 aliphatic rings. The van der Waals surface area contributed by atoms with Crippen molar-refractivity contribution >= 4 is 23.3 Å². The number of likely N-dealkylation sites (N-methyl/N-ethyl adjacent to an activating group) is 1. The van der Waals surface area contributed by atoms with Gasteiger partial charge in [-0.25, -0.2) is 9.59 Å². The van der Waals surface area contributed by atoms with E-state index in [0.717, 1.165) is 13.0 Å². The lowest BCUT2D eigenvalue weighted by molar-refractivity contribution is -0.139. The Labute approximate surface area is 129 Å². The minimum absolute atomic E-state index is 0.452. The molecule has 0 aliphatic heterocycles. The number of carbonyl (C=O) groups excluding carboxylic acids is 1. The highest BCUT2D eigenvalue weighted by Crippen LogP contribution is 2.18. The van der Waals surface area contributed by atoms with Crippen LogP contribution in [0.2, 0.25) is 0 Å². The third kappa shape index (κ3) is 5.73. The van der Waals surface area contributed by atoms with Gasteiger partial charge >= 0.3 is 12.0 Å². The number of carbonyl (C=O) groups is 2. The summed E-state index contributed by atoms with van der Waals surface area (Å²) in [7, 11) is 2.00. The molecule has 118 valence electrons. The van der Waals surface area contributed by atoms with Crippen LogP contribution in [0.5, 0.6) is 0 Å². The number of rotatable bonds is 8. The number of hydrogen-bond acceptors (Lipinski definition) is 4. The van der Waals surface area contributed by atoms with Gasteiger partial charge in [-0.15, -0.1) is 11.3 Å². The van der Waals surface area contributed by atoms with Gasteiger partial charge in [-0.2, -0.15) is 0 Å². The van der Waals surface area contributed by atoms with E-state index in [-0.39, 0.29) is 0 Å². The Hall–Kier alpha value is -1.60. The van der Waals surface area contributed by atoms with E-state index in [4.69, 9.17) is 5.11 Å². The van der Waals surface area contributed by atoms with Crippen LogP contribution in [0.1, 0.15) is 31.2 Å². The molecule has 2 amide bonds. The maximum Gasteiger partial charge on any atom is 0.331 e. The van der Waals surface area contributed by atoms with Crippen LogP contribution in [0, 0.1) is 0 Å². The summed E-state index contributed by atoms with van der Waals surface area (Å²) in [6.45, 7) is 5.43. The van der Waals surface area contributed by atoms with Crippen molar-refractivity contribution in [3.8, 4) is 0 Å². The van der Waals surface area contributed by atoms with Gasteiger partial charge in [0.25, 0.3) is 0 Å². The normalized spacial score (nSPS) is 13.7. The molecule has 0 bridgehead atoms. The maximum atomic E-state index is 11.8. The number of hydrogen-bond donors (Lipinski definition) is 3. The number of carboxylic acid groups (broad SMARTS) is 1. The zero-order valence-electron chi connectivity index (χ0n) is 12.6. The number of carboxylic acids is 1. The van der Waals surface area contributed by atoms with E-state index in [1.807, 2.05) is 7.05 Å². The number of nitrogens with zero attached hydrogens (tertiary/aromatic N) is 1. The Morgan fingerprint density at radius 1 is 1.48 bits per heavy atom. The summed E-state index contributed by atoms with van der Waals surface area (Å²) in [6, 6.07) is 2.44. The van der Waals surface area contributed by atoms with Crippen molar-refractivity contribution in [2.45, 2.75) is 32.4 Å². The van der Waals surface area contributed by atoms with Gasteiger partial charge in [0.2, 0.25) is 0 Å². The molecule has 0 saturated heterocycles. The number of thiophene rings is 1. The Morgan fingerprint density at radius 2 is 2.19 bits per heavy atom. The van der Waals surface area contributed by atoms with Gasteiger partial charge in [-0.05, 0) is 31.8 Å². The topological polar surface area (TPSA) is 81.7 Å². The summed E-state index contributed by atoms with van der Waals surface area (Å²) in [4.78, 5) is 25.7. The van der Waals surface area contributed by atoms with Crippen LogP contribution in [0.15, 0.2) is 17.5 Å². The molecule has 7 heteroatoms. The van der Waals surface area contributed by atoms with Crippen LogP contribution in [0.4, 0.5) is 4.79 Å². The molecule has 2 unspecified atom stereocenters. The molecule has 1 aromatic heterocycles. The molecular formula is C14H23N3O3S. The monoisotopic (exact) mass is 313 g/mol. The van der Waals surface area contributed by atoms with Gasteiger partial charge in [0.15, 0.2) is 6.04 Å². The molecule has 0 saturated carbocycles. The van der Waals surface area contributed by atoms with Gasteiger partial charge in [0.1, 0.15) is 0 Å². The molecule has 0 fully saturated rings. The van der Waals surface area contributed by atoms with Gasteiger partial charge in [0, 0.05) is 24.0 Å². The van der Waals surface area contributed by atoms with Gasteiger partial charge < -0.3 is 20.6 Å². The predicted octanol–water partition coefficient (Wildman–Crippen LogP) is 1.90. The average Bonchev–Trinajstić information content (AvgIpc) is 2.97. The predicted molar refractivity (Wildman–Crippen MR) is 83.6 cm³/mol. The van der Waals surface area contributed by atoms with Crippen LogP contribution in [0.25, 0.3) is 0 Å². The molecule has 6 nitrogen and oxygen atoms in total. The number of urea groups is 1. The average molecular weight is 313 g/mol. The summed E-state index contributed by atoms with van der Waals surface area (Å²) < 4.78 is 0. The molecule has 0 radical (unpaired) electrons. The van der Waals surface area contributed by atoms with E-state index < -0.39 is 18.0 Å². The Balaban J connectivity index is 2.40. The molecule has 2 atom stereocenters. The zero-order chi connectivity index (χ0) is 15.8. The van der Waals surface area contributed by atoms with Crippen molar-refractivity contribution in [1.82, 2.24) is 15.5 Å². The van der Waals surface area contributed by atoms with E-state index in [1.165, 1.54) is 11.3 Å². The lowest BCUT2D eigenvalue weighted by Crippen LogP contribution is -2.44. The SMILES string of the molecule is CCC(C)N(C)CCNC(=O)NC(C(=O)O)c1cccs1. The lowest BCUT2D eigenvalue weighted by atomic mass is 10.2. The van der Waals surface area contributed by atoms with E-state index in [1.54, 1.807) is 17.5 Å². The van der Waals surface area contributed by atoms with Gasteiger partial charge in [0.05, 0.1) is 0 Å².